The molecule has 0 spiro atoms. The van der Waals surface area contributed by atoms with Crippen molar-refractivity contribution in [2.24, 2.45) is 0 Å². The van der Waals surface area contributed by atoms with E-state index in [-0.39, 0.29) is 17.7 Å². The summed E-state index contributed by atoms with van der Waals surface area (Å²) < 4.78 is 4.93. The Labute approximate surface area is 112 Å². The smallest absolute Gasteiger partial charge is 0.290 e. The van der Waals surface area contributed by atoms with Crippen LogP contribution in [0, 0.1) is 6.92 Å². The number of carbonyl (C=O) groups excluding carboxylic acids is 1. The Bertz CT molecular complexity index is 534. The number of rotatable bonds is 5. The van der Waals surface area contributed by atoms with E-state index in [0.29, 0.717) is 5.69 Å². The minimum Gasteiger partial charge on any atom is -0.351 e. The first-order chi connectivity index (χ1) is 9.15. The van der Waals surface area contributed by atoms with Crippen molar-refractivity contribution in [1.82, 2.24) is 10.5 Å². The summed E-state index contributed by atoms with van der Waals surface area (Å²) in [5.74, 6) is 0.0604. The lowest BCUT2D eigenvalue weighted by atomic mass is 10.1. The lowest BCUT2D eigenvalue weighted by molar-refractivity contribution is 0.0901. The third-order valence-corrected chi connectivity index (χ3v) is 2.94. The lowest BCUT2D eigenvalue weighted by Gasteiger charge is -2.12. The molecular weight excluding hydrogens is 240 g/mol. The summed E-state index contributed by atoms with van der Waals surface area (Å²) in [5.41, 5.74) is 1.99. The first kappa shape index (κ1) is 13.3. The quantitative estimate of drug-likeness (QED) is 0.897. The van der Waals surface area contributed by atoms with Crippen LogP contribution in [0.15, 0.2) is 40.9 Å². The number of benzene rings is 1. The standard InChI is InChI=1S/C15H18N2O2/c1-11(8-9-13-6-4-3-5-7-13)16-15(18)14-10-12(2)17-19-14/h3-7,10-11H,8-9H2,1-2H3,(H,16,18)/t11-/m0/s1. The van der Waals surface area contributed by atoms with Crippen molar-refractivity contribution in [3.05, 3.63) is 53.4 Å². The van der Waals surface area contributed by atoms with Gasteiger partial charge < -0.3 is 9.84 Å². The second-order valence-corrected chi connectivity index (χ2v) is 4.73. The highest BCUT2D eigenvalue weighted by molar-refractivity contribution is 5.91. The molecule has 4 heteroatoms. The van der Waals surface area contributed by atoms with E-state index in [0.717, 1.165) is 12.8 Å². The Morgan fingerprint density at radius 2 is 2.11 bits per heavy atom. The second kappa shape index (κ2) is 6.18. The van der Waals surface area contributed by atoms with Gasteiger partial charge in [-0.15, -0.1) is 0 Å². The Balaban J connectivity index is 1.81. The summed E-state index contributed by atoms with van der Waals surface area (Å²) in [5, 5.41) is 6.61. The average molecular weight is 258 g/mol. The molecule has 0 aliphatic carbocycles. The van der Waals surface area contributed by atoms with E-state index in [9.17, 15) is 4.79 Å². The van der Waals surface area contributed by atoms with Crippen LogP contribution in [0.1, 0.15) is 35.2 Å². The molecule has 0 bridgehead atoms. The molecule has 2 rings (SSSR count). The largest absolute Gasteiger partial charge is 0.351 e. The van der Waals surface area contributed by atoms with Gasteiger partial charge in [-0.3, -0.25) is 4.79 Å². The number of aryl methyl sites for hydroxylation is 2. The Morgan fingerprint density at radius 3 is 2.74 bits per heavy atom. The zero-order valence-electron chi connectivity index (χ0n) is 11.2. The predicted molar refractivity (Wildman–Crippen MR) is 72.9 cm³/mol. The molecule has 2 aromatic rings. The van der Waals surface area contributed by atoms with Gasteiger partial charge in [-0.2, -0.15) is 0 Å². The van der Waals surface area contributed by atoms with E-state index in [1.807, 2.05) is 25.1 Å². The van der Waals surface area contributed by atoms with Crippen molar-refractivity contribution >= 4 is 5.91 Å². The van der Waals surface area contributed by atoms with E-state index < -0.39 is 0 Å². The number of aromatic nitrogens is 1. The molecule has 0 aliphatic heterocycles. The first-order valence-corrected chi connectivity index (χ1v) is 6.43. The normalized spacial score (nSPS) is 12.1. The van der Waals surface area contributed by atoms with Gasteiger partial charge >= 0.3 is 0 Å². The molecule has 19 heavy (non-hydrogen) atoms. The number of nitrogens with zero attached hydrogens (tertiary/aromatic N) is 1. The molecule has 1 amide bonds. The fourth-order valence-corrected chi connectivity index (χ4v) is 1.87. The SMILES string of the molecule is Cc1cc(C(=O)N[C@@H](C)CCc2ccccc2)on1. The van der Waals surface area contributed by atoms with Crippen molar-refractivity contribution in [2.45, 2.75) is 32.7 Å². The van der Waals surface area contributed by atoms with Crippen molar-refractivity contribution < 1.29 is 9.32 Å². The third kappa shape index (κ3) is 3.95. The fraction of sp³-hybridized carbons (Fsp3) is 0.333. The van der Waals surface area contributed by atoms with Gasteiger partial charge in [0.1, 0.15) is 0 Å². The van der Waals surface area contributed by atoms with Gasteiger partial charge in [0.2, 0.25) is 5.76 Å². The molecule has 1 aromatic heterocycles. The molecule has 1 atom stereocenters. The van der Waals surface area contributed by atoms with Crippen LogP contribution in [0.25, 0.3) is 0 Å². The van der Waals surface area contributed by atoms with Gasteiger partial charge in [-0.1, -0.05) is 35.5 Å². The maximum absolute atomic E-state index is 11.8. The maximum atomic E-state index is 11.8. The monoisotopic (exact) mass is 258 g/mol. The van der Waals surface area contributed by atoms with Gasteiger partial charge in [0.25, 0.3) is 5.91 Å². The van der Waals surface area contributed by atoms with Gasteiger partial charge in [0.15, 0.2) is 0 Å². The van der Waals surface area contributed by atoms with Gasteiger partial charge in [-0.05, 0) is 32.3 Å². The molecule has 0 unspecified atom stereocenters. The summed E-state index contributed by atoms with van der Waals surface area (Å²) in [4.78, 5) is 11.8. The maximum Gasteiger partial charge on any atom is 0.290 e. The van der Waals surface area contributed by atoms with Crippen molar-refractivity contribution in [3.63, 3.8) is 0 Å². The van der Waals surface area contributed by atoms with Crippen molar-refractivity contribution in [3.8, 4) is 0 Å². The molecule has 4 nitrogen and oxygen atoms in total. The van der Waals surface area contributed by atoms with Crippen LogP contribution in [-0.4, -0.2) is 17.1 Å². The van der Waals surface area contributed by atoms with Crippen LogP contribution < -0.4 is 5.32 Å². The first-order valence-electron chi connectivity index (χ1n) is 6.43. The van der Waals surface area contributed by atoms with Gasteiger partial charge in [-0.25, -0.2) is 0 Å². The molecule has 0 aliphatic rings. The van der Waals surface area contributed by atoms with Crippen LogP contribution in [0.2, 0.25) is 0 Å². The summed E-state index contributed by atoms with van der Waals surface area (Å²) in [6.07, 6.45) is 1.83. The summed E-state index contributed by atoms with van der Waals surface area (Å²) in [6.45, 7) is 3.78. The van der Waals surface area contributed by atoms with E-state index in [2.05, 4.69) is 22.6 Å². The van der Waals surface area contributed by atoms with Crippen LogP contribution in [0.5, 0.6) is 0 Å². The number of hydrogen-bond donors (Lipinski definition) is 1. The fourth-order valence-electron chi connectivity index (χ4n) is 1.87. The predicted octanol–water partition coefficient (Wildman–Crippen LogP) is 2.73. The number of amides is 1. The van der Waals surface area contributed by atoms with Crippen LogP contribution in [0.4, 0.5) is 0 Å². The second-order valence-electron chi connectivity index (χ2n) is 4.73. The van der Waals surface area contributed by atoms with Crippen molar-refractivity contribution in [1.29, 1.82) is 0 Å². The van der Waals surface area contributed by atoms with Gasteiger partial charge in [0, 0.05) is 12.1 Å². The topological polar surface area (TPSA) is 55.1 Å². The molecule has 0 saturated carbocycles. The van der Waals surface area contributed by atoms with E-state index in [4.69, 9.17) is 4.52 Å². The molecule has 1 heterocycles. The minimum absolute atomic E-state index is 0.0955. The van der Waals surface area contributed by atoms with E-state index in [1.165, 1.54) is 5.56 Å². The number of nitrogens with one attached hydrogen (secondary N) is 1. The minimum atomic E-state index is -0.207. The third-order valence-electron chi connectivity index (χ3n) is 2.94. The van der Waals surface area contributed by atoms with Crippen LogP contribution >= 0.6 is 0 Å². The molecule has 0 radical (unpaired) electrons. The Morgan fingerprint density at radius 1 is 1.37 bits per heavy atom. The zero-order chi connectivity index (χ0) is 13.7. The lowest BCUT2D eigenvalue weighted by Crippen LogP contribution is -2.32. The van der Waals surface area contributed by atoms with E-state index >= 15 is 0 Å². The summed E-state index contributed by atoms with van der Waals surface area (Å²) in [7, 11) is 0. The molecule has 1 N–H and O–H groups in total. The average Bonchev–Trinajstić information content (AvgIpc) is 2.84. The highest BCUT2D eigenvalue weighted by atomic mass is 16.5. The molecule has 1 aromatic carbocycles. The number of carbonyl (C=O) groups is 1. The van der Waals surface area contributed by atoms with Crippen LogP contribution in [0.3, 0.4) is 0 Å². The molecular formula is C15H18N2O2. The highest BCUT2D eigenvalue weighted by Crippen LogP contribution is 2.06. The molecule has 0 fully saturated rings. The Hall–Kier alpha value is -2.10. The van der Waals surface area contributed by atoms with Gasteiger partial charge in [0.05, 0.1) is 5.69 Å². The zero-order valence-corrected chi connectivity index (χ0v) is 11.2. The number of hydrogen-bond acceptors (Lipinski definition) is 3. The molecule has 0 saturated heterocycles. The van der Waals surface area contributed by atoms with E-state index in [1.54, 1.807) is 13.0 Å². The molecule has 100 valence electrons. The highest BCUT2D eigenvalue weighted by Gasteiger charge is 2.14. The Kier molecular flexibility index (Phi) is 4.34. The van der Waals surface area contributed by atoms with Crippen LogP contribution in [-0.2, 0) is 6.42 Å². The summed E-state index contributed by atoms with van der Waals surface area (Å²) >= 11 is 0. The summed E-state index contributed by atoms with van der Waals surface area (Å²) in [6, 6.07) is 12.0. The van der Waals surface area contributed by atoms with Crippen molar-refractivity contribution in [2.75, 3.05) is 0 Å².